The van der Waals surface area contributed by atoms with Crippen molar-refractivity contribution < 1.29 is 4.79 Å². The van der Waals surface area contributed by atoms with Crippen LogP contribution in [0.4, 0.5) is 5.13 Å². The summed E-state index contributed by atoms with van der Waals surface area (Å²) in [5, 5.41) is 16.2. The first-order chi connectivity index (χ1) is 9.72. The van der Waals surface area contributed by atoms with Gasteiger partial charge in [-0.3, -0.25) is 4.79 Å². The molecule has 120 valence electrons. The predicted molar refractivity (Wildman–Crippen MR) is 92.8 cm³/mol. The molecule has 2 N–H and O–H groups in total. The molecule has 0 saturated carbocycles. The molecule has 1 aliphatic heterocycles. The van der Waals surface area contributed by atoms with Crippen LogP contribution in [0.25, 0.3) is 0 Å². The van der Waals surface area contributed by atoms with Crippen LogP contribution in [0.2, 0.25) is 0 Å². The Morgan fingerprint density at radius 1 is 1.43 bits per heavy atom. The molecule has 0 spiro atoms. The Bertz CT molecular complexity index is 434. The zero-order valence-electron chi connectivity index (χ0n) is 12.4. The van der Waals surface area contributed by atoms with Crippen LogP contribution in [0, 0.1) is 0 Å². The minimum absolute atomic E-state index is 0. The molecule has 5 nitrogen and oxygen atoms in total. The standard InChI is InChI=1S/C13H22N4OS2.ClH/c1-3-9(4-2)12-16-17-13(20-12)15-11(18)7-10-8-19-6-5-14-10;/h9-10,14H,3-8H2,1-2H3,(H,15,17,18);1H. The van der Waals surface area contributed by atoms with E-state index in [1.165, 1.54) is 11.3 Å². The molecule has 0 aliphatic carbocycles. The van der Waals surface area contributed by atoms with Gasteiger partial charge < -0.3 is 10.6 Å². The molecule has 0 radical (unpaired) electrons. The summed E-state index contributed by atoms with van der Waals surface area (Å²) in [6.45, 7) is 5.29. The van der Waals surface area contributed by atoms with Gasteiger partial charge in [0.25, 0.3) is 0 Å². The molecule has 0 bridgehead atoms. The normalized spacial score (nSPS) is 18.3. The first-order valence-electron chi connectivity index (χ1n) is 7.17. The van der Waals surface area contributed by atoms with E-state index in [0.29, 0.717) is 17.5 Å². The molecule has 2 heterocycles. The van der Waals surface area contributed by atoms with Crippen molar-refractivity contribution in [2.75, 3.05) is 23.4 Å². The van der Waals surface area contributed by atoms with E-state index in [0.717, 1.165) is 35.9 Å². The zero-order chi connectivity index (χ0) is 14.4. The van der Waals surface area contributed by atoms with Gasteiger partial charge in [-0.15, -0.1) is 22.6 Å². The molecule has 1 saturated heterocycles. The van der Waals surface area contributed by atoms with Crippen LogP contribution in [0.3, 0.4) is 0 Å². The molecule has 1 fully saturated rings. The number of nitrogens with one attached hydrogen (secondary N) is 2. The number of aromatic nitrogens is 2. The highest BCUT2D eigenvalue weighted by Gasteiger charge is 2.18. The largest absolute Gasteiger partial charge is 0.312 e. The van der Waals surface area contributed by atoms with E-state index in [1.54, 1.807) is 0 Å². The fourth-order valence-corrected chi connectivity index (χ4v) is 4.21. The highest BCUT2D eigenvalue weighted by Crippen LogP contribution is 2.28. The lowest BCUT2D eigenvalue weighted by Gasteiger charge is -2.22. The molecule has 0 aromatic carbocycles. The molecule has 1 aromatic rings. The van der Waals surface area contributed by atoms with Gasteiger partial charge in [-0.25, -0.2) is 0 Å². The summed E-state index contributed by atoms with van der Waals surface area (Å²) in [5.74, 6) is 2.61. The van der Waals surface area contributed by atoms with Crippen LogP contribution in [0.1, 0.15) is 44.0 Å². The Morgan fingerprint density at radius 3 is 2.81 bits per heavy atom. The van der Waals surface area contributed by atoms with Crippen LogP contribution in [-0.4, -0.2) is 40.2 Å². The second kappa shape index (κ2) is 9.61. The number of thioether (sulfide) groups is 1. The number of hydrogen-bond acceptors (Lipinski definition) is 6. The van der Waals surface area contributed by atoms with Gasteiger partial charge in [-0.1, -0.05) is 25.2 Å². The Hall–Kier alpha value is -0.370. The van der Waals surface area contributed by atoms with Gasteiger partial charge in [0.15, 0.2) is 0 Å². The van der Waals surface area contributed by atoms with Crippen LogP contribution < -0.4 is 10.6 Å². The van der Waals surface area contributed by atoms with E-state index >= 15 is 0 Å². The zero-order valence-corrected chi connectivity index (χ0v) is 14.9. The van der Waals surface area contributed by atoms with Crippen molar-refractivity contribution in [1.82, 2.24) is 15.5 Å². The minimum atomic E-state index is 0. The van der Waals surface area contributed by atoms with E-state index < -0.39 is 0 Å². The van der Waals surface area contributed by atoms with E-state index in [2.05, 4.69) is 34.7 Å². The van der Waals surface area contributed by atoms with Gasteiger partial charge >= 0.3 is 0 Å². The number of amides is 1. The molecule has 8 heteroatoms. The minimum Gasteiger partial charge on any atom is -0.312 e. The van der Waals surface area contributed by atoms with Crippen molar-refractivity contribution >= 4 is 46.5 Å². The molecule has 1 amide bonds. The van der Waals surface area contributed by atoms with E-state index in [-0.39, 0.29) is 24.4 Å². The van der Waals surface area contributed by atoms with Gasteiger partial charge in [0.2, 0.25) is 11.0 Å². The first kappa shape index (κ1) is 18.7. The lowest BCUT2D eigenvalue weighted by Crippen LogP contribution is -2.39. The van der Waals surface area contributed by atoms with Gasteiger partial charge in [0.1, 0.15) is 5.01 Å². The van der Waals surface area contributed by atoms with Crippen molar-refractivity contribution in [3.05, 3.63) is 5.01 Å². The van der Waals surface area contributed by atoms with Crippen molar-refractivity contribution in [2.24, 2.45) is 0 Å². The number of carbonyl (C=O) groups excluding carboxylic acids is 1. The molecule has 21 heavy (non-hydrogen) atoms. The highest BCUT2D eigenvalue weighted by molar-refractivity contribution is 7.99. The third-order valence-electron chi connectivity index (χ3n) is 3.45. The summed E-state index contributed by atoms with van der Waals surface area (Å²) in [6, 6.07) is 0.278. The van der Waals surface area contributed by atoms with Crippen LogP contribution in [-0.2, 0) is 4.79 Å². The lowest BCUT2D eigenvalue weighted by atomic mass is 10.1. The summed E-state index contributed by atoms with van der Waals surface area (Å²) in [7, 11) is 0. The third kappa shape index (κ3) is 5.73. The van der Waals surface area contributed by atoms with Crippen LogP contribution in [0.5, 0.6) is 0 Å². The van der Waals surface area contributed by atoms with E-state index in [1.807, 2.05) is 11.8 Å². The Labute approximate surface area is 140 Å². The Kier molecular flexibility index (Phi) is 8.55. The van der Waals surface area contributed by atoms with E-state index in [4.69, 9.17) is 0 Å². The number of nitrogens with zero attached hydrogens (tertiary/aromatic N) is 2. The average molecular weight is 351 g/mol. The fraction of sp³-hybridized carbons (Fsp3) is 0.769. The maximum atomic E-state index is 12.0. The van der Waals surface area contributed by atoms with E-state index in [9.17, 15) is 4.79 Å². The van der Waals surface area contributed by atoms with Crippen molar-refractivity contribution in [2.45, 2.75) is 45.1 Å². The van der Waals surface area contributed by atoms with Gasteiger partial charge in [0, 0.05) is 36.4 Å². The summed E-state index contributed by atoms with van der Waals surface area (Å²) in [5.41, 5.74) is 0. The number of rotatable bonds is 6. The van der Waals surface area contributed by atoms with Gasteiger partial charge in [-0.05, 0) is 12.8 Å². The highest BCUT2D eigenvalue weighted by atomic mass is 35.5. The fourth-order valence-electron chi connectivity index (χ4n) is 2.23. The summed E-state index contributed by atoms with van der Waals surface area (Å²) in [6.07, 6.45) is 2.62. The molecule has 1 unspecified atom stereocenters. The molecule has 1 atom stereocenters. The Morgan fingerprint density at radius 2 is 2.19 bits per heavy atom. The molecule has 1 aliphatic rings. The monoisotopic (exact) mass is 350 g/mol. The molecular formula is C13H23ClN4OS2. The number of carbonyl (C=O) groups is 1. The average Bonchev–Trinajstić information content (AvgIpc) is 2.89. The quantitative estimate of drug-likeness (QED) is 0.825. The smallest absolute Gasteiger partial charge is 0.227 e. The topological polar surface area (TPSA) is 66.9 Å². The van der Waals surface area contributed by atoms with Gasteiger partial charge in [0.05, 0.1) is 0 Å². The maximum Gasteiger partial charge on any atom is 0.227 e. The van der Waals surface area contributed by atoms with Crippen LogP contribution >= 0.6 is 35.5 Å². The molecule has 2 rings (SSSR count). The summed E-state index contributed by atoms with van der Waals surface area (Å²) < 4.78 is 0. The number of halogens is 1. The number of anilines is 1. The molecular weight excluding hydrogens is 328 g/mol. The van der Waals surface area contributed by atoms with Gasteiger partial charge in [-0.2, -0.15) is 11.8 Å². The van der Waals surface area contributed by atoms with Crippen molar-refractivity contribution in [3.63, 3.8) is 0 Å². The Balaban J connectivity index is 0.00000220. The van der Waals surface area contributed by atoms with Crippen molar-refractivity contribution in [3.8, 4) is 0 Å². The maximum absolute atomic E-state index is 12.0. The van der Waals surface area contributed by atoms with Crippen molar-refractivity contribution in [1.29, 1.82) is 0 Å². The second-order valence-electron chi connectivity index (χ2n) is 4.94. The third-order valence-corrected chi connectivity index (χ3v) is 5.58. The van der Waals surface area contributed by atoms with Crippen LogP contribution in [0.15, 0.2) is 0 Å². The number of hydrogen-bond donors (Lipinski definition) is 2. The molecule has 1 aromatic heterocycles. The second-order valence-corrected chi connectivity index (χ2v) is 7.10. The predicted octanol–water partition coefficient (Wildman–Crippen LogP) is 2.90. The first-order valence-corrected chi connectivity index (χ1v) is 9.14. The summed E-state index contributed by atoms with van der Waals surface area (Å²) >= 11 is 3.40. The SMILES string of the molecule is CCC(CC)c1nnc(NC(=O)CC2CSCCN2)s1.Cl. The summed E-state index contributed by atoms with van der Waals surface area (Å²) in [4.78, 5) is 12.0. The lowest BCUT2D eigenvalue weighted by molar-refractivity contribution is -0.116.